The Balaban J connectivity index is 0.00000326. The summed E-state index contributed by atoms with van der Waals surface area (Å²) in [5, 5.41) is 3.95. The van der Waals surface area contributed by atoms with Crippen LogP contribution >= 0.6 is 0 Å². The molecule has 0 aromatic heterocycles. The third-order valence-corrected chi connectivity index (χ3v) is 4.37. The minimum absolute atomic E-state index is 0.153. The zero-order chi connectivity index (χ0) is 20.7. The second-order valence-electron chi connectivity index (χ2n) is 6.48. The van der Waals surface area contributed by atoms with Crippen molar-refractivity contribution in [2.45, 2.75) is 59.8 Å². The van der Waals surface area contributed by atoms with E-state index in [0.29, 0.717) is 25.5 Å². The van der Waals surface area contributed by atoms with E-state index in [0.717, 1.165) is 24.1 Å². The number of nitrogens with zero attached hydrogens (tertiary/aromatic N) is 2. The lowest BCUT2D eigenvalue weighted by Gasteiger charge is -2.31. The van der Waals surface area contributed by atoms with Gasteiger partial charge in [-0.2, -0.15) is 0 Å². The van der Waals surface area contributed by atoms with Crippen LogP contribution in [0.1, 0.15) is 65.4 Å². The van der Waals surface area contributed by atoms with E-state index in [4.69, 9.17) is 11.2 Å². The number of anilines is 1. The van der Waals surface area contributed by atoms with E-state index in [1.807, 2.05) is 62.2 Å². The summed E-state index contributed by atoms with van der Waals surface area (Å²) in [4.78, 5) is 12.1. The number of hydrogen-bond donors (Lipinski definition) is 0. The minimum Gasteiger partial charge on any atom is -0.465 e. The molecule has 1 aromatic carbocycles. The number of para-hydroxylation sites is 1. The molecule has 0 aliphatic carbocycles. The summed E-state index contributed by atoms with van der Waals surface area (Å²) >= 11 is 0. The number of rotatable bonds is 11. The molecule has 0 bridgehead atoms. The predicted octanol–water partition coefficient (Wildman–Crippen LogP) is 5.13. The molecule has 0 amide bonds. The lowest BCUT2D eigenvalue weighted by molar-refractivity contribution is -0.145. The van der Waals surface area contributed by atoms with Gasteiger partial charge in [0.15, 0.2) is 0 Å². The van der Waals surface area contributed by atoms with Gasteiger partial charge in [-0.15, -0.1) is 6.42 Å². The standard InChI is InChI=1S/C21H32N2O2.C2H6/c1-6-9-12-18(7-2)17-25-21(24)15-16-23(22(4)5)20-14-11-10-13-19(20)8-3;1-2/h3,10-11,13-14,18H,6-7,9,12,15-17H2,1-2,4-5H3;1-2H3. The number of carbonyl (C=O) groups is 1. The van der Waals surface area contributed by atoms with Crippen LogP contribution in [0.4, 0.5) is 5.69 Å². The second kappa shape index (κ2) is 15.1. The molecule has 0 spiro atoms. The van der Waals surface area contributed by atoms with Crippen molar-refractivity contribution in [3.8, 4) is 12.3 Å². The molecule has 0 radical (unpaired) electrons. The van der Waals surface area contributed by atoms with Crippen LogP contribution in [0.25, 0.3) is 0 Å². The van der Waals surface area contributed by atoms with Gasteiger partial charge in [-0.25, -0.2) is 5.01 Å². The van der Waals surface area contributed by atoms with Crippen LogP contribution in [0.15, 0.2) is 24.3 Å². The first-order valence-electron chi connectivity index (χ1n) is 10.2. The molecule has 0 aliphatic rings. The van der Waals surface area contributed by atoms with Gasteiger partial charge in [0.2, 0.25) is 0 Å². The maximum absolute atomic E-state index is 12.1. The molecule has 1 unspecified atom stereocenters. The summed E-state index contributed by atoms with van der Waals surface area (Å²) in [6, 6.07) is 7.74. The van der Waals surface area contributed by atoms with Gasteiger partial charge < -0.3 is 9.75 Å². The molecule has 1 atom stereocenters. The Labute approximate surface area is 166 Å². The van der Waals surface area contributed by atoms with E-state index in [-0.39, 0.29) is 5.97 Å². The number of hydrazine groups is 1. The molecule has 1 aromatic rings. The van der Waals surface area contributed by atoms with Crippen LogP contribution in [0, 0.1) is 18.3 Å². The SMILES string of the molecule is C#Cc1ccccc1N(CCC(=O)OCC(CC)CCCC)N(C)C.CC. The van der Waals surface area contributed by atoms with Gasteiger partial charge in [0.05, 0.1) is 18.7 Å². The Kier molecular flexibility index (Phi) is 14.0. The van der Waals surface area contributed by atoms with Gasteiger partial charge >= 0.3 is 5.97 Å². The van der Waals surface area contributed by atoms with Crippen molar-refractivity contribution in [3.05, 3.63) is 29.8 Å². The third-order valence-electron chi connectivity index (χ3n) is 4.37. The first kappa shape index (κ1) is 25.0. The average Bonchev–Trinajstić information content (AvgIpc) is 2.70. The highest BCUT2D eigenvalue weighted by atomic mass is 16.5. The first-order valence-corrected chi connectivity index (χ1v) is 10.2. The Bertz CT molecular complexity index is 564. The predicted molar refractivity (Wildman–Crippen MR) is 116 cm³/mol. The quantitative estimate of drug-likeness (QED) is 0.305. The van der Waals surface area contributed by atoms with Crippen LogP contribution in [0.2, 0.25) is 0 Å². The molecule has 152 valence electrons. The highest BCUT2D eigenvalue weighted by Crippen LogP contribution is 2.21. The number of hydrogen-bond acceptors (Lipinski definition) is 4. The molecule has 0 saturated heterocycles. The lowest BCUT2D eigenvalue weighted by atomic mass is 10.0. The van der Waals surface area contributed by atoms with Crippen molar-refractivity contribution in [2.75, 3.05) is 32.3 Å². The lowest BCUT2D eigenvalue weighted by Crippen LogP contribution is -2.39. The molecule has 0 aliphatic heterocycles. The zero-order valence-corrected chi connectivity index (χ0v) is 18.1. The monoisotopic (exact) mass is 374 g/mol. The van der Waals surface area contributed by atoms with Crippen LogP contribution in [0.5, 0.6) is 0 Å². The number of benzene rings is 1. The molecular formula is C23H38N2O2. The molecule has 0 N–H and O–H groups in total. The smallest absolute Gasteiger partial charge is 0.307 e. The largest absolute Gasteiger partial charge is 0.465 e. The van der Waals surface area contributed by atoms with Crippen molar-refractivity contribution in [1.29, 1.82) is 0 Å². The Hall–Kier alpha value is -1.99. The van der Waals surface area contributed by atoms with Crippen molar-refractivity contribution in [3.63, 3.8) is 0 Å². The number of carbonyl (C=O) groups excluding carboxylic acids is 1. The highest BCUT2D eigenvalue weighted by molar-refractivity contribution is 5.70. The van der Waals surface area contributed by atoms with Crippen LogP contribution < -0.4 is 5.01 Å². The minimum atomic E-state index is -0.153. The van der Waals surface area contributed by atoms with Gasteiger partial charge in [-0.1, -0.05) is 65.0 Å². The van der Waals surface area contributed by atoms with E-state index in [1.54, 1.807) is 0 Å². The zero-order valence-electron chi connectivity index (χ0n) is 18.1. The van der Waals surface area contributed by atoms with E-state index in [1.165, 1.54) is 12.8 Å². The number of ether oxygens (including phenoxy) is 1. The second-order valence-corrected chi connectivity index (χ2v) is 6.48. The van der Waals surface area contributed by atoms with Gasteiger partial charge in [-0.3, -0.25) is 4.79 Å². The van der Waals surface area contributed by atoms with Crippen LogP contribution in [0.3, 0.4) is 0 Å². The summed E-state index contributed by atoms with van der Waals surface area (Å²) in [6.45, 7) is 9.40. The van der Waals surface area contributed by atoms with Crippen molar-refractivity contribution < 1.29 is 9.53 Å². The Morgan fingerprint density at radius 3 is 2.44 bits per heavy atom. The van der Waals surface area contributed by atoms with Crippen molar-refractivity contribution in [2.24, 2.45) is 5.92 Å². The Morgan fingerprint density at radius 1 is 1.22 bits per heavy atom. The average molecular weight is 375 g/mol. The summed E-state index contributed by atoms with van der Waals surface area (Å²) < 4.78 is 5.49. The fourth-order valence-electron chi connectivity index (χ4n) is 2.73. The summed E-state index contributed by atoms with van der Waals surface area (Å²) in [6.07, 6.45) is 10.5. The topological polar surface area (TPSA) is 32.8 Å². The summed E-state index contributed by atoms with van der Waals surface area (Å²) in [7, 11) is 3.88. The molecule has 4 heteroatoms. The van der Waals surface area contributed by atoms with Crippen molar-refractivity contribution in [1.82, 2.24) is 5.01 Å². The molecule has 4 nitrogen and oxygen atoms in total. The fourth-order valence-corrected chi connectivity index (χ4v) is 2.73. The van der Waals surface area contributed by atoms with Gasteiger partial charge in [0.25, 0.3) is 0 Å². The van der Waals surface area contributed by atoms with E-state index in [9.17, 15) is 4.79 Å². The van der Waals surface area contributed by atoms with Crippen molar-refractivity contribution >= 4 is 11.7 Å². The third kappa shape index (κ3) is 9.49. The fraction of sp³-hybridized carbons (Fsp3) is 0.609. The van der Waals surface area contributed by atoms with E-state index in [2.05, 4.69) is 19.8 Å². The van der Waals surface area contributed by atoms with E-state index >= 15 is 0 Å². The summed E-state index contributed by atoms with van der Waals surface area (Å²) in [5.41, 5.74) is 1.74. The molecular weight excluding hydrogens is 336 g/mol. The number of esters is 1. The molecule has 0 fully saturated rings. The normalized spacial score (nSPS) is 11.2. The van der Waals surface area contributed by atoms with Gasteiger partial charge in [-0.05, 0) is 24.5 Å². The first-order chi connectivity index (χ1) is 13.0. The molecule has 1 rings (SSSR count). The van der Waals surface area contributed by atoms with Gasteiger partial charge in [0, 0.05) is 26.2 Å². The van der Waals surface area contributed by atoms with Crippen LogP contribution in [-0.4, -0.2) is 38.2 Å². The molecule has 27 heavy (non-hydrogen) atoms. The highest BCUT2D eigenvalue weighted by Gasteiger charge is 2.16. The summed E-state index contributed by atoms with van der Waals surface area (Å²) in [5.74, 6) is 3.02. The number of unbranched alkanes of at least 4 members (excludes halogenated alkanes) is 1. The van der Waals surface area contributed by atoms with Crippen LogP contribution in [-0.2, 0) is 9.53 Å². The number of terminal acetylenes is 1. The molecule has 0 saturated carbocycles. The maximum Gasteiger partial charge on any atom is 0.307 e. The van der Waals surface area contributed by atoms with Gasteiger partial charge in [0.1, 0.15) is 0 Å². The Morgan fingerprint density at radius 2 is 1.89 bits per heavy atom. The maximum atomic E-state index is 12.1. The molecule has 0 heterocycles. The van der Waals surface area contributed by atoms with E-state index < -0.39 is 0 Å².